The van der Waals surface area contributed by atoms with E-state index in [1.165, 1.54) is 12.1 Å². The van der Waals surface area contributed by atoms with E-state index < -0.39 is 17.7 Å². The third-order valence-electron chi connectivity index (χ3n) is 3.79. The van der Waals surface area contributed by atoms with Crippen LogP contribution in [0, 0.1) is 0 Å². The fourth-order valence-corrected chi connectivity index (χ4v) is 2.67. The van der Waals surface area contributed by atoms with Crippen molar-refractivity contribution in [3.8, 4) is 0 Å². The van der Waals surface area contributed by atoms with Gasteiger partial charge in [0.1, 0.15) is 0 Å². The third-order valence-corrected chi connectivity index (χ3v) is 3.79. The van der Waals surface area contributed by atoms with Crippen LogP contribution in [0.2, 0.25) is 0 Å². The molecule has 0 aromatic heterocycles. The fraction of sp³-hybridized carbons (Fsp3) is 0.438. The normalized spacial score (nSPS) is 20.7. The first-order chi connectivity index (χ1) is 9.89. The van der Waals surface area contributed by atoms with Crippen LogP contribution in [0.15, 0.2) is 29.8 Å². The van der Waals surface area contributed by atoms with Gasteiger partial charge in [-0.15, -0.1) is 0 Å². The van der Waals surface area contributed by atoms with Crippen LogP contribution in [0.5, 0.6) is 0 Å². The first-order valence-corrected chi connectivity index (χ1v) is 7.02. The third kappa shape index (κ3) is 3.86. The van der Waals surface area contributed by atoms with Gasteiger partial charge in [-0.3, -0.25) is 0 Å². The highest BCUT2D eigenvalue weighted by molar-refractivity contribution is 5.96. The van der Waals surface area contributed by atoms with Crippen LogP contribution in [0.4, 0.5) is 13.2 Å². The van der Waals surface area contributed by atoms with Gasteiger partial charge >= 0.3 is 12.1 Å². The summed E-state index contributed by atoms with van der Waals surface area (Å²) in [4.78, 5) is 11.4. The van der Waals surface area contributed by atoms with Crippen LogP contribution < -0.4 is 0 Å². The minimum absolute atomic E-state index is 0.342. The summed E-state index contributed by atoms with van der Waals surface area (Å²) in [7, 11) is 0. The van der Waals surface area contributed by atoms with Crippen molar-refractivity contribution >= 4 is 11.5 Å². The van der Waals surface area contributed by atoms with E-state index in [2.05, 4.69) is 0 Å². The largest absolute Gasteiger partial charge is 0.478 e. The zero-order chi connectivity index (χ0) is 15.5. The highest BCUT2D eigenvalue weighted by atomic mass is 19.4. The number of rotatable bonds is 2. The smallest absolute Gasteiger partial charge is 0.416 e. The van der Waals surface area contributed by atoms with Gasteiger partial charge in [-0.05, 0) is 49.0 Å². The topological polar surface area (TPSA) is 37.3 Å². The Morgan fingerprint density at radius 3 is 2.05 bits per heavy atom. The molecule has 2 rings (SSSR count). The molecule has 1 aliphatic carbocycles. The Balaban J connectivity index is 2.39. The van der Waals surface area contributed by atoms with E-state index in [0.29, 0.717) is 29.6 Å². The molecule has 1 aromatic carbocycles. The molecule has 5 heteroatoms. The van der Waals surface area contributed by atoms with Gasteiger partial charge in [0.2, 0.25) is 0 Å². The second-order valence-corrected chi connectivity index (χ2v) is 5.25. The lowest BCUT2D eigenvalue weighted by Crippen LogP contribution is -2.08. The number of alkyl halides is 3. The van der Waals surface area contributed by atoms with Gasteiger partial charge in [-0.1, -0.05) is 25.0 Å². The molecule has 1 N–H and O–H groups in total. The van der Waals surface area contributed by atoms with Crippen LogP contribution in [-0.4, -0.2) is 11.1 Å². The summed E-state index contributed by atoms with van der Waals surface area (Å²) in [6, 6.07) is 4.78. The van der Waals surface area contributed by atoms with Crippen molar-refractivity contribution in [2.45, 2.75) is 44.7 Å². The highest BCUT2D eigenvalue weighted by Gasteiger charge is 2.30. The molecule has 0 spiro atoms. The van der Waals surface area contributed by atoms with Crippen molar-refractivity contribution in [3.63, 3.8) is 0 Å². The summed E-state index contributed by atoms with van der Waals surface area (Å²) >= 11 is 0. The standard InChI is InChI=1S/C16H17F3O2/c17-16(18,19)12-9-7-11(8-10-12)13-5-3-1-2-4-6-14(13)15(20)21/h7-10H,1-6H2,(H,20,21)/b14-13-. The van der Waals surface area contributed by atoms with Gasteiger partial charge < -0.3 is 5.11 Å². The molecule has 0 heterocycles. The van der Waals surface area contributed by atoms with E-state index in [9.17, 15) is 23.1 Å². The highest BCUT2D eigenvalue weighted by Crippen LogP contribution is 2.33. The van der Waals surface area contributed by atoms with Gasteiger partial charge in [-0.2, -0.15) is 13.2 Å². The Labute approximate surface area is 121 Å². The number of aliphatic carboxylic acids is 1. The van der Waals surface area contributed by atoms with Crippen molar-refractivity contribution in [2.24, 2.45) is 0 Å². The quantitative estimate of drug-likeness (QED) is 0.843. The van der Waals surface area contributed by atoms with E-state index in [4.69, 9.17) is 0 Å². The Morgan fingerprint density at radius 1 is 0.952 bits per heavy atom. The van der Waals surface area contributed by atoms with Gasteiger partial charge in [0.15, 0.2) is 0 Å². The number of benzene rings is 1. The Hall–Kier alpha value is -1.78. The van der Waals surface area contributed by atoms with Crippen LogP contribution in [0.3, 0.4) is 0 Å². The van der Waals surface area contributed by atoms with Gasteiger partial charge in [0, 0.05) is 5.57 Å². The number of hydrogen-bond acceptors (Lipinski definition) is 1. The second kappa shape index (κ2) is 6.33. The summed E-state index contributed by atoms with van der Waals surface area (Å²) in [5, 5.41) is 9.33. The minimum Gasteiger partial charge on any atom is -0.478 e. The molecule has 0 unspecified atom stereocenters. The predicted octanol–water partition coefficient (Wildman–Crippen LogP) is 4.90. The molecule has 0 saturated carbocycles. The summed E-state index contributed by atoms with van der Waals surface area (Å²) < 4.78 is 37.7. The molecule has 21 heavy (non-hydrogen) atoms. The lowest BCUT2D eigenvalue weighted by atomic mass is 9.89. The van der Waals surface area contributed by atoms with E-state index in [-0.39, 0.29) is 0 Å². The zero-order valence-electron chi connectivity index (χ0n) is 11.5. The van der Waals surface area contributed by atoms with Gasteiger partial charge in [0.25, 0.3) is 0 Å². The molecule has 0 radical (unpaired) electrons. The van der Waals surface area contributed by atoms with Crippen molar-refractivity contribution in [3.05, 3.63) is 41.0 Å². The first-order valence-electron chi connectivity index (χ1n) is 7.02. The molecular weight excluding hydrogens is 281 g/mol. The van der Waals surface area contributed by atoms with E-state index >= 15 is 0 Å². The number of carbonyl (C=O) groups is 1. The van der Waals surface area contributed by atoms with Gasteiger partial charge in [0.05, 0.1) is 5.56 Å². The maximum absolute atomic E-state index is 12.6. The van der Waals surface area contributed by atoms with Crippen molar-refractivity contribution < 1.29 is 23.1 Å². The molecule has 1 aliphatic rings. The first kappa shape index (κ1) is 15.6. The Bertz CT molecular complexity index is 542. The summed E-state index contributed by atoms with van der Waals surface area (Å²) in [5.74, 6) is -0.966. The maximum atomic E-state index is 12.6. The van der Waals surface area contributed by atoms with Crippen LogP contribution in [-0.2, 0) is 11.0 Å². The number of hydrogen-bond donors (Lipinski definition) is 1. The fourth-order valence-electron chi connectivity index (χ4n) is 2.67. The van der Waals surface area contributed by atoms with Crippen LogP contribution in [0.1, 0.15) is 49.7 Å². The number of halogens is 3. The summed E-state index contributed by atoms with van der Waals surface area (Å²) in [5.41, 5.74) is 0.891. The molecule has 0 atom stereocenters. The molecule has 0 fully saturated rings. The van der Waals surface area contributed by atoms with Crippen molar-refractivity contribution in [1.29, 1.82) is 0 Å². The molecule has 114 valence electrons. The molecule has 0 aliphatic heterocycles. The zero-order valence-corrected chi connectivity index (χ0v) is 11.5. The Morgan fingerprint density at radius 2 is 1.52 bits per heavy atom. The average Bonchev–Trinajstić information content (AvgIpc) is 2.37. The molecule has 0 amide bonds. The van der Waals surface area contributed by atoms with Crippen molar-refractivity contribution in [2.75, 3.05) is 0 Å². The second-order valence-electron chi connectivity index (χ2n) is 5.25. The van der Waals surface area contributed by atoms with E-state index in [1.54, 1.807) is 0 Å². The number of carboxylic acids is 1. The number of allylic oxidation sites excluding steroid dienone is 1. The molecular formula is C16H17F3O2. The molecule has 1 aromatic rings. The van der Waals surface area contributed by atoms with E-state index in [1.807, 2.05) is 0 Å². The van der Waals surface area contributed by atoms with Crippen LogP contribution >= 0.6 is 0 Å². The summed E-state index contributed by atoms with van der Waals surface area (Å²) in [6.07, 6.45) is 0.412. The maximum Gasteiger partial charge on any atom is 0.416 e. The monoisotopic (exact) mass is 298 g/mol. The molecule has 0 bridgehead atoms. The van der Waals surface area contributed by atoms with Gasteiger partial charge in [-0.25, -0.2) is 4.79 Å². The van der Waals surface area contributed by atoms with E-state index in [0.717, 1.165) is 37.8 Å². The lowest BCUT2D eigenvalue weighted by molar-refractivity contribution is -0.137. The SMILES string of the molecule is O=C(O)/C1=C(\c2ccc(C(F)(F)F)cc2)CCCCCC1. The minimum atomic E-state index is -4.37. The predicted molar refractivity (Wildman–Crippen MR) is 73.7 cm³/mol. The average molecular weight is 298 g/mol. The summed E-state index contributed by atoms with van der Waals surface area (Å²) in [6.45, 7) is 0. The number of carboxylic acid groups (broad SMARTS) is 1. The van der Waals surface area contributed by atoms with Crippen molar-refractivity contribution in [1.82, 2.24) is 0 Å². The van der Waals surface area contributed by atoms with Crippen LogP contribution in [0.25, 0.3) is 5.57 Å². The Kier molecular flexibility index (Phi) is 4.70. The lowest BCUT2D eigenvalue weighted by Gasteiger charge is -2.17. The molecule has 0 saturated heterocycles. The molecule has 2 nitrogen and oxygen atoms in total.